The lowest BCUT2D eigenvalue weighted by molar-refractivity contribution is 0.0578. The molecule has 0 bridgehead atoms. The Labute approximate surface area is 62.3 Å². The van der Waals surface area contributed by atoms with Gasteiger partial charge in [0.25, 0.3) is 0 Å². The van der Waals surface area contributed by atoms with Crippen LogP contribution in [0.2, 0.25) is 0 Å². The number of aliphatic imine (C=N–C) groups is 1. The summed E-state index contributed by atoms with van der Waals surface area (Å²) in [4.78, 5) is 3.95. The van der Waals surface area contributed by atoms with Crippen LogP contribution in [0.15, 0.2) is 4.99 Å². The molecule has 0 amide bonds. The van der Waals surface area contributed by atoms with E-state index in [1.807, 2.05) is 13.3 Å². The molecule has 0 saturated carbocycles. The van der Waals surface area contributed by atoms with Gasteiger partial charge in [-0.05, 0) is 31.4 Å². The van der Waals surface area contributed by atoms with Gasteiger partial charge < -0.3 is 9.73 Å². The lowest BCUT2D eigenvalue weighted by Crippen LogP contribution is -2.17. The van der Waals surface area contributed by atoms with Crippen molar-refractivity contribution < 1.29 is 4.74 Å². The highest BCUT2D eigenvalue weighted by atomic mass is 16.5. The first kappa shape index (κ1) is 7.73. The van der Waals surface area contributed by atoms with E-state index in [2.05, 4.69) is 4.99 Å². The average molecular weight is 141 g/mol. The molecule has 1 fully saturated rings. The van der Waals surface area contributed by atoms with Crippen LogP contribution in [0.1, 0.15) is 19.3 Å². The van der Waals surface area contributed by atoms with Crippen LogP contribution in [0, 0.1) is 5.92 Å². The molecule has 0 aromatic carbocycles. The van der Waals surface area contributed by atoms with Gasteiger partial charge in [0.2, 0.25) is 0 Å². The molecule has 0 aliphatic carbocycles. The van der Waals surface area contributed by atoms with E-state index in [0.717, 1.165) is 25.6 Å². The highest BCUT2D eigenvalue weighted by molar-refractivity contribution is 5.57. The minimum absolute atomic E-state index is 0.734. The quantitative estimate of drug-likeness (QED) is 0.534. The predicted octanol–water partition coefficient (Wildman–Crippen LogP) is 1.50. The zero-order valence-corrected chi connectivity index (χ0v) is 6.55. The number of rotatable bonds is 2. The van der Waals surface area contributed by atoms with Crippen molar-refractivity contribution in [3.8, 4) is 0 Å². The van der Waals surface area contributed by atoms with Crippen LogP contribution in [0.5, 0.6) is 0 Å². The molecule has 1 heterocycles. The minimum Gasteiger partial charge on any atom is -0.381 e. The molecule has 2 heteroatoms. The highest BCUT2D eigenvalue weighted by Gasteiger charge is 2.11. The second-order valence-corrected chi connectivity index (χ2v) is 2.76. The molecule has 1 rings (SSSR count). The molecule has 0 unspecified atom stereocenters. The van der Waals surface area contributed by atoms with Gasteiger partial charge in [-0.3, -0.25) is 0 Å². The highest BCUT2D eigenvalue weighted by Crippen LogP contribution is 2.15. The molecule has 10 heavy (non-hydrogen) atoms. The van der Waals surface area contributed by atoms with Crippen LogP contribution in [-0.2, 0) is 4.74 Å². The molecular formula is C8H15NO. The Hall–Kier alpha value is -0.370. The topological polar surface area (TPSA) is 21.6 Å². The first-order valence-electron chi connectivity index (χ1n) is 3.92. The maximum Gasteiger partial charge on any atom is 0.0497 e. The largest absolute Gasteiger partial charge is 0.381 e. The third-order valence-electron chi connectivity index (χ3n) is 1.88. The number of ether oxygens (including phenoxy) is 1. The number of nitrogens with zero attached hydrogens (tertiary/aromatic N) is 1. The van der Waals surface area contributed by atoms with Crippen molar-refractivity contribution in [1.82, 2.24) is 0 Å². The normalized spacial score (nSPS) is 27.5. The van der Waals surface area contributed by atoms with Crippen molar-refractivity contribution >= 4 is 6.21 Å². The summed E-state index contributed by atoms with van der Waals surface area (Å²) in [6.07, 6.45) is 5.62. The Morgan fingerprint density at radius 1 is 1.70 bits per heavy atom. The van der Waals surface area contributed by atoms with Gasteiger partial charge in [-0.25, -0.2) is 0 Å². The SMILES string of the molecule is CN=CC[C@@H]1CCCOC1. The van der Waals surface area contributed by atoms with Gasteiger partial charge in [0.15, 0.2) is 0 Å². The molecular weight excluding hydrogens is 126 g/mol. The van der Waals surface area contributed by atoms with Crippen molar-refractivity contribution in [2.24, 2.45) is 10.9 Å². The summed E-state index contributed by atoms with van der Waals surface area (Å²) in [6.45, 7) is 1.89. The zero-order valence-electron chi connectivity index (χ0n) is 6.55. The molecule has 1 atom stereocenters. The first-order valence-corrected chi connectivity index (χ1v) is 3.92. The third kappa shape index (κ3) is 2.48. The van der Waals surface area contributed by atoms with Crippen molar-refractivity contribution in [3.05, 3.63) is 0 Å². The lowest BCUT2D eigenvalue weighted by Gasteiger charge is -2.19. The Bertz CT molecular complexity index is 106. The second kappa shape index (κ2) is 4.45. The summed E-state index contributed by atoms with van der Waals surface area (Å²) >= 11 is 0. The fourth-order valence-corrected chi connectivity index (χ4v) is 1.25. The zero-order chi connectivity index (χ0) is 7.23. The Balaban J connectivity index is 2.13. The van der Waals surface area contributed by atoms with E-state index in [-0.39, 0.29) is 0 Å². The van der Waals surface area contributed by atoms with Gasteiger partial charge >= 0.3 is 0 Å². The van der Waals surface area contributed by atoms with Gasteiger partial charge in [0.1, 0.15) is 0 Å². The molecule has 1 saturated heterocycles. The van der Waals surface area contributed by atoms with Gasteiger partial charge in [0, 0.05) is 20.3 Å². The smallest absolute Gasteiger partial charge is 0.0497 e. The standard InChI is InChI=1S/C8H15NO/c1-9-5-4-8-3-2-6-10-7-8/h5,8H,2-4,6-7H2,1H3/t8-/m0/s1. The van der Waals surface area contributed by atoms with Crippen molar-refractivity contribution in [2.45, 2.75) is 19.3 Å². The molecule has 2 nitrogen and oxygen atoms in total. The molecule has 0 aromatic heterocycles. The van der Waals surface area contributed by atoms with Gasteiger partial charge in [-0.1, -0.05) is 0 Å². The molecule has 0 aromatic rings. The average Bonchev–Trinajstić information content (AvgIpc) is 2.03. The maximum atomic E-state index is 5.32. The Morgan fingerprint density at radius 3 is 3.20 bits per heavy atom. The Morgan fingerprint density at radius 2 is 2.60 bits per heavy atom. The van der Waals surface area contributed by atoms with E-state index in [0.29, 0.717) is 0 Å². The van der Waals surface area contributed by atoms with Crippen LogP contribution < -0.4 is 0 Å². The molecule has 0 N–H and O–H groups in total. The van der Waals surface area contributed by atoms with E-state index in [1.165, 1.54) is 12.8 Å². The van der Waals surface area contributed by atoms with E-state index in [4.69, 9.17) is 4.74 Å². The van der Waals surface area contributed by atoms with Crippen molar-refractivity contribution in [3.63, 3.8) is 0 Å². The molecule has 1 aliphatic rings. The monoisotopic (exact) mass is 141 g/mol. The summed E-state index contributed by atoms with van der Waals surface area (Å²) in [5, 5.41) is 0. The summed E-state index contributed by atoms with van der Waals surface area (Å²) in [6, 6.07) is 0. The van der Waals surface area contributed by atoms with Gasteiger partial charge in [-0.2, -0.15) is 0 Å². The van der Waals surface area contributed by atoms with E-state index >= 15 is 0 Å². The van der Waals surface area contributed by atoms with Crippen molar-refractivity contribution in [2.75, 3.05) is 20.3 Å². The second-order valence-electron chi connectivity index (χ2n) is 2.76. The first-order chi connectivity index (χ1) is 4.93. The molecule has 58 valence electrons. The van der Waals surface area contributed by atoms with Crippen LogP contribution in [0.4, 0.5) is 0 Å². The summed E-state index contributed by atoms with van der Waals surface area (Å²) in [7, 11) is 1.82. The fourth-order valence-electron chi connectivity index (χ4n) is 1.25. The van der Waals surface area contributed by atoms with Crippen LogP contribution in [-0.4, -0.2) is 26.5 Å². The maximum absolute atomic E-state index is 5.32. The summed E-state index contributed by atoms with van der Waals surface area (Å²) < 4.78 is 5.32. The lowest BCUT2D eigenvalue weighted by atomic mass is 9.99. The molecule has 1 aliphatic heterocycles. The van der Waals surface area contributed by atoms with Crippen LogP contribution in [0.3, 0.4) is 0 Å². The van der Waals surface area contributed by atoms with E-state index in [1.54, 1.807) is 0 Å². The summed E-state index contributed by atoms with van der Waals surface area (Å²) in [5.41, 5.74) is 0. The van der Waals surface area contributed by atoms with Gasteiger partial charge in [0.05, 0.1) is 0 Å². The summed E-state index contributed by atoms with van der Waals surface area (Å²) in [5.74, 6) is 0.734. The van der Waals surface area contributed by atoms with Gasteiger partial charge in [-0.15, -0.1) is 0 Å². The molecule has 0 spiro atoms. The molecule has 0 radical (unpaired) electrons. The van der Waals surface area contributed by atoms with Crippen molar-refractivity contribution in [1.29, 1.82) is 0 Å². The fraction of sp³-hybridized carbons (Fsp3) is 0.875. The Kier molecular flexibility index (Phi) is 3.44. The van der Waals surface area contributed by atoms with E-state index < -0.39 is 0 Å². The predicted molar refractivity (Wildman–Crippen MR) is 42.6 cm³/mol. The van der Waals surface area contributed by atoms with Crippen LogP contribution in [0.25, 0.3) is 0 Å². The number of hydrogen-bond acceptors (Lipinski definition) is 2. The van der Waals surface area contributed by atoms with Crippen LogP contribution >= 0.6 is 0 Å². The minimum atomic E-state index is 0.734. The third-order valence-corrected chi connectivity index (χ3v) is 1.88. The van der Waals surface area contributed by atoms with E-state index in [9.17, 15) is 0 Å². The number of hydrogen-bond donors (Lipinski definition) is 0.